The van der Waals surface area contributed by atoms with Gasteiger partial charge in [0.1, 0.15) is 11.5 Å². The normalized spacial score (nSPS) is 20.3. The van der Waals surface area contributed by atoms with E-state index in [0.29, 0.717) is 28.5 Å². The largest absolute Gasteiger partial charge is 0.494 e. The van der Waals surface area contributed by atoms with Crippen LogP contribution in [-0.4, -0.2) is 56.2 Å². The number of aliphatic hydroxyl groups excluding tert-OH is 2. The summed E-state index contributed by atoms with van der Waals surface area (Å²) in [4.78, 5) is 18.1. The van der Waals surface area contributed by atoms with Crippen molar-refractivity contribution in [3.05, 3.63) is 41.6 Å². The van der Waals surface area contributed by atoms with Crippen LogP contribution in [0.25, 0.3) is 0 Å². The number of piperidine rings is 1. The van der Waals surface area contributed by atoms with Gasteiger partial charge in [0.05, 0.1) is 30.8 Å². The lowest BCUT2D eigenvalue weighted by molar-refractivity contribution is -0.118. The molecule has 0 radical (unpaired) electrons. The molecule has 0 saturated carbocycles. The molecule has 1 aliphatic carbocycles. The smallest absolute Gasteiger partial charge is 0.221 e. The Labute approximate surface area is 163 Å². The van der Waals surface area contributed by atoms with Crippen LogP contribution in [0.2, 0.25) is 0 Å². The number of allylic oxidation sites excluding steroid dienone is 4. The van der Waals surface area contributed by atoms with Crippen LogP contribution in [0, 0.1) is 0 Å². The van der Waals surface area contributed by atoms with E-state index in [1.165, 1.54) is 24.2 Å². The van der Waals surface area contributed by atoms with E-state index in [1.807, 2.05) is 4.90 Å². The predicted molar refractivity (Wildman–Crippen MR) is 107 cm³/mol. The quantitative estimate of drug-likeness (QED) is 0.566. The van der Waals surface area contributed by atoms with Crippen LogP contribution in [0.4, 0.5) is 11.5 Å². The molecule has 0 bridgehead atoms. The molecular weight excluding hydrogens is 360 g/mol. The Bertz CT molecular complexity index is 859. The maximum Gasteiger partial charge on any atom is 0.221 e. The second-order valence-corrected chi connectivity index (χ2v) is 6.76. The molecule has 1 aliphatic heterocycles. The zero-order chi connectivity index (χ0) is 20.1. The number of anilines is 1. The first-order chi connectivity index (χ1) is 13.5. The highest BCUT2D eigenvalue weighted by molar-refractivity contribution is 6.13. The summed E-state index contributed by atoms with van der Waals surface area (Å²) in [6, 6.07) is 0. The standard InChI is InChI=1S/C19H26N6O3/c1-13(27)22-16-11-14(19(28)24-7-3-2-4-8-24)5-6-15(16)23-17-12-21-25(9-10-26)18(17)20/h5-6,11-12,26,28H,2-4,7-10,20H2,1H3,(H,22,27). The van der Waals surface area contributed by atoms with Crippen LogP contribution in [0.1, 0.15) is 26.2 Å². The monoisotopic (exact) mass is 386 g/mol. The summed E-state index contributed by atoms with van der Waals surface area (Å²) in [7, 11) is 0. The van der Waals surface area contributed by atoms with Gasteiger partial charge in [-0.15, -0.1) is 0 Å². The Morgan fingerprint density at radius 2 is 2.07 bits per heavy atom. The van der Waals surface area contributed by atoms with Crippen molar-refractivity contribution in [1.82, 2.24) is 20.0 Å². The number of nitrogens with zero attached hydrogens (tertiary/aromatic N) is 4. The number of rotatable bonds is 5. The number of hydrogen-bond donors (Lipinski definition) is 4. The van der Waals surface area contributed by atoms with E-state index < -0.39 is 0 Å². The predicted octanol–water partition coefficient (Wildman–Crippen LogP) is 1.38. The molecule has 150 valence electrons. The number of nitrogens with one attached hydrogen (secondary N) is 1. The van der Waals surface area contributed by atoms with E-state index in [1.54, 1.807) is 18.2 Å². The molecule has 1 fully saturated rings. The van der Waals surface area contributed by atoms with Gasteiger partial charge in [0.25, 0.3) is 0 Å². The van der Waals surface area contributed by atoms with Gasteiger partial charge in [-0.3, -0.25) is 4.79 Å². The molecule has 0 unspecified atom stereocenters. The molecule has 9 heteroatoms. The molecular formula is C19H26N6O3. The fraction of sp³-hybridized carbons (Fsp3) is 0.421. The summed E-state index contributed by atoms with van der Waals surface area (Å²) in [5, 5.41) is 26.5. The van der Waals surface area contributed by atoms with E-state index in [-0.39, 0.29) is 24.9 Å². The van der Waals surface area contributed by atoms with Crippen molar-refractivity contribution in [2.24, 2.45) is 4.99 Å². The van der Waals surface area contributed by atoms with E-state index >= 15 is 0 Å². The van der Waals surface area contributed by atoms with E-state index in [9.17, 15) is 9.90 Å². The Morgan fingerprint density at radius 1 is 1.32 bits per heavy atom. The number of nitrogen functional groups attached to an aromatic ring is 1. The highest BCUT2D eigenvalue weighted by atomic mass is 16.3. The van der Waals surface area contributed by atoms with Crippen molar-refractivity contribution in [3.8, 4) is 0 Å². The molecule has 1 aromatic heterocycles. The molecule has 2 heterocycles. The van der Waals surface area contributed by atoms with Gasteiger partial charge in [0.15, 0.2) is 5.88 Å². The van der Waals surface area contributed by atoms with Gasteiger partial charge < -0.3 is 26.2 Å². The Hall–Kier alpha value is -3.07. The maximum absolute atomic E-state index is 11.7. The van der Waals surface area contributed by atoms with Gasteiger partial charge in [-0.05, 0) is 37.5 Å². The molecule has 0 aromatic carbocycles. The third-order valence-electron chi connectivity index (χ3n) is 4.63. The lowest BCUT2D eigenvalue weighted by Gasteiger charge is -2.29. The zero-order valence-corrected chi connectivity index (χ0v) is 15.9. The van der Waals surface area contributed by atoms with Gasteiger partial charge >= 0.3 is 0 Å². The summed E-state index contributed by atoms with van der Waals surface area (Å²) in [6.07, 6.45) is 9.97. The highest BCUT2D eigenvalue weighted by Crippen LogP contribution is 2.25. The van der Waals surface area contributed by atoms with Crippen LogP contribution in [0.3, 0.4) is 0 Å². The van der Waals surface area contributed by atoms with Gasteiger partial charge in [-0.2, -0.15) is 5.10 Å². The first kappa shape index (κ1) is 19.7. The minimum absolute atomic E-state index is 0.0806. The van der Waals surface area contributed by atoms with Crippen LogP contribution in [-0.2, 0) is 11.3 Å². The topological polar surface area (TPSA) is 129 Å². The molecule has 1 amide bonds. The molecule has 1 saturated heterocycles. The highest BCUT2D eigenvalue weighted by Gasteiger charge is 2.19. The average molecular weight is 386 g/mol. The fourth-order valence-electron chi connectivity index (χ4n) is 3.22. The van der Waals surface area contributed by atoms with Gasteiger partial charge in [-0.1, -0.05) is 0 Å². The third-order valence-corrected chi connectivity index (χ3v) is 4.63. The van der Waals surface area contributed by atoms with Gasteiger partial charge in [0, 0.05) is 25.6 Å². The number of carbonyl (C=O) groups excluding carboxylic acids is 1. The molecule has 5 N–H and O–H groups in total. The molecule has 0 atom stereocenters. The molecule has 9 nitrogen and oxygen atoms in total. The van der Waals surface area contributed by atoms with Crippen molar-refractivity contribution in [2.75, 3.05) is 25.4 Å². The summed E-state index contributed by atoms with van der Waals surface area (Å²) in [5.74, 6) is 0.290. The molecule has 3 rings (SSSR count). The first-order valence-corrected chi connectivity index (χ1v) is 9.36. The van der Waals surface area contributed by atoms with Crippen molar-refractivity contribution in [2.45, 2.75) is 32.7 Å². The van der Waals surface area contributed by atoms with Gasteiger partial charge in [-0.25, -0.2) is 9.67 Å². The summed E-state index contributed by atoms with van der Waals surface area (Å²) in [6.45, 7) is 3.24. The van der Waals surface area contributed by atoms with E-state index in [2.05, 4.69) is 15.4 Å². The lowest BCUT2D eigenvalue weighted by atomic mass is 10.0. The second kappa shape index (κ2) is 8.75. The molecule has 1 aromatic rings. The number of carbonyl (C=O) groups is 1. The summed E-state index contributed by atoms with van der Waals surface area (Å²) in [5.41, 5.74) is 8.06. The van der Waals surface area contributed by atoms with Crippen molar-refractivity contribution < 1.29 is 15.0 Å². The number of aromatic nitrogens is 2. The van der Waals surface area contributed by atoms with Crippen molar-refractivity contribution in [1.29, 1.82) is 0 Å². The first-order valence-electron chi connectivity index (χ1n) is 9.36. The fourth-order valence-corrected chi connectivity index (χ4v) is 3.22. The summed E-state index contributed by atoms with van der Waals surface area (Å²) < 4.78 is 1.46. The third kappa shape index (κ3) is 4.42. The number of likely N-dealkylation sites (tertiary alicyclic amines) is 1. The minimum Gasteiger partial charge on any atom is -0.494 e. The number of aliphatic imine (C=N–C) groups is 1. The number of hydrogen-bond acceptors (Lipinski definition) is 7. The van der Waals surface area contributed by atoms with Crippen LogP contribution >= 0.6 is 0 Å². The Balaban J connectivity index is 1.92. The van der Waals surface area contributed by atoms with Crippen molar-refractivity contribution in [3.63, 3.8) is 0 Å². The minimum atomic E-state index is -0.241. The van der Waals surface area contributed by atoms with Gasteiger partial charge in [0.2, 0.25) is 5.91 Å². The molecule has 2 aliphatic rings. The van der Waals surface area contributed by atoms with Crippen LogP contribution < -0.4 is 11.1 Å². The number of nitrogens with two attached hydrogens (primary N) is 1. The Kier molecular flexibility index (Phi) is 6.15. The van der Waals surface area contributed by atoms with Crippen LogP contribution in [0.5, 0.6) is 0 Å². The second-order valence-electron chi connectivity index (χ2n) is 6.76. The SMILES string of the molecule is CC(=O)NC1=CC(=C(O)N2CCCCC2)C=CC1=Nc1cnn(CCO)c1N. The molecule has 0 spiro atoms. The number of amides is 1. The summed E-state index contributed by atoms with van der Waals surface area (Å²) >= 11 is 0. The van der Waals surface area contributed by atoms with Crippen molar-refractivity contribution >= 4 is 23.1 Å². The number of aliphatic hydroxyl groups is 2. The van der Waals surface area contributed by atoms with E-state index in [0.717, 1.165) is 25.9 Å². The lowest BCUT2D eigenvalue weighted by Crippen LogP contribution is -2.30. The van der Waals surface area contributed by atoms with Crippen LogP contribution in [0.15, 0.2) is 46.6 Å². The zero-order valence-electron chi connectivity index (χ0n) is 15.9. The molecule has 28 heavy (non-hydrogen) atoms. The maximum atomic E-state index is 11.7. The Morgan fingerprint density at radius 3 is 2.75 bits per heavy atom. The van der Waals surface area contributed by atoms with E-state index in [4.69, 9.17) is 10.8 Å². The average Bonchev–Trinajstić information content (AvgIpc) is 3.03.